The molecule has 2 rings (SSSR count). The number of carbonyl (C=O) groups is 2. The molecule has 0 aliphatic heterocycles. The summed E-state index contributed by atoms with van der Waals surface area (Å²) in [5.41, 5.74) is 5.61. The number of hydrogen-bond acceptors (Lipinski definition) is 4. The van der Waals surface area contributed by atoms with Crippen molar-refractivity contribution in [2.45, 2.75) is 6.04 Å². The lowest BCUT2D eigenvalue weighted by Crippen LogP contribution is -2.37. The Morgan fingerprint density at radius 1 is 1.30 bits per heavy atom. The van der Waals surface area contributed by atoms with Gasteiger partial charge in [0, 0.05) is 5.38 Å². The van der Waals surface area contributed by atoms with Crippen LogP contribution in [0.4, 0.5) is 4.39 Å². The second-order valence-electron chi connectivity index (χ2n) is 3.92. The van der Waals surface area contributed by atoms with E-state index in [1.807, 2.05) is 0 Å². The number of benzene rings is 1. The van der Waals surface area contributed by atoms with Crippen LogP contribution in [0.25, 0.3) is 0 Å². The summed E-state index contributed by atoms with van der Waals surface area (Å²) < 4.78 is 12.8. The highest BCUT2D eigenvalue weighted by atomic mass is 32.1. The summed E-state index contributed by atoms with van der Waals surface area (Å²) in [5.74, 6) is -1.90. The predicted octanol–water partition coefficient (Wildman–Crippen LogP) is 0.532. The van der Waals surface area contributed by atoms with Gasteiger partial charge in [-0.1, -0.05) is 23.5 Å². The van der Waals surface area contributed by atoms with Crippen LogP contribution in [-0.4, -0.2) is 16.8 Å². The summed E-state index contributed by atoms with van der Waals surface area (Å²) in [6.07, 6.45) is 0. The average molecular weight is 295 g/mol. The third-order valence-electron chi connectivity index (χ3n) is 2.53. The molecule has 2 aromatic rings. The second kappa shape index (κ2) is 5.66. The molecule has 104 valence electrons. The zero-order valence-electron chi connectivity index (χ0n) is 10.1. The van der Waals surface area contributed by atoms with Gasteiger partial charge in [-0.3, -0.25) is 14.4 Å². The van der Waals surface area contributed by atoms with Crippen molar-refractivity contribution in [1.29, 1.82) is 0 Å². The van der Waals surface area contributed by atoms with Crippen molar-refractivity contribution in [2.75, 3.05) is 0 Å². The molecule has 0 saturated carbocycles. The highest BCUT2D eigenvalue weighted by Gasteiger charge is 2.21. The van der Waals surface area contributed by atoms with Crippen LogP contribution < -0.4 is 15.9 Å². The third kappa shape index (κ3) is 3.09. The fourth-order valence-electron chi connectivity index (χ4n) is 1.57. The van der Waals surface area contributed by atoms with Crippen molar-refractivity contribution in [2.24, 2.45) is 5.73 Å². The Morgan fingerprint density at radius 2 is 1.95 bits per heavy atom. The molecule has 0 saturated heterocycles. The molecule has 0 bridgehead atoms. The van der Waals surface area contributed by atoms with Gasteiger partial charge in [0.05, 0.1) is 0 Å². The van der Waals surface area contributed by atoms with Crippen molar-refractivity contribution in [3.63, 3.8) is 0 Å². The van der Waals surface area contributed by atoms with Crippen LogP contribution in [0.1, 0.15) is 22.1 Å². The molecule has 1 aromatic heterocycles. The number of amides is 2. The van der Waals surface area contributed by atoms with E-state index < -0.39 is 23.7 Å². The largest absolute Gasteiger partial charge is 0.368 e. The van der Waals surface area contributed by atoms with Gasteiger partial charge in [-0.15, -0.1) is 0 Å². The molecule has 0 spiro atoms. The average Bonchev–Trinajstić information content (AvgIpc) is 2.83. The number of aromatic nitrogens is 1. The van der Waals surface area contributed by atoms with Crippen LogP contribution >= 0.6 is 11.3 Å². The number of nitrogens with one attached hydrogen (secondary N) is 2. The van der Waals surface area contributed by atoms with Gasteiger partial charge in [0.2, 0.25) is 5.91 Å². The van der Waals surface area contributed by atoms with E-state index in [1.54, 1.807) is 0 Å². The van der Waals surface area contributed by atoms with Gasteiger partial charge in [0.1, 0.15) is 17.6 Å². The van der Waals surface area contributed by atoms with Gasteiger partial charge in [0.25, 0.3) is 5.91 Å². The fraction of sp³-hybridized carbons (Fsp3) is 0.0833. The van der Waals surface area contributed by atoms with Crippen LogP contribution in [0.3, 0.4) is 0 Å². The first-order chi connectivity index (χ1) is 9.47. The maximum Gasteiger partial charge on any atom is 0.305 e. The molecule has 6 nitrogen and oxygen atoms in total. The summed E-state index contributed by atoms with van der Waals surface area (Å²) in [7, 11) is 0. The van der Waals surface area contributed by atoms with Gasteiger partial charge < -0.3 is 16.0 Å². The van der Waals surface area contributed by atoms with E-state index in [0.29, 0.717) is 5.56 Å². The molecule has 4 N–H and O–H groups in total. The number of primary amides is 1. The van der Waals surface area contributed by atoms with E-state index >= 15 is 0 Å². The first-order valence-electron chi connectivity index (χ1n) is 5.51. The highest BCUT2D eigenvalue weighted by molar-refractivity contribution is 7.07. The lowest BCUT2D eigenvalue weighted by Gasteiger charge is -2.15. The Hall–Kier alpha value is -2.48. The standard InChI is InChI=1S/C12H10FN3O3S/c13-7-3-1-6(2-4-7)9(10(14)17)16-11(18)8-5-20-12(19)15-8/h1-5,9H,(H2,14,17)(H,15,19)(H,16,18). The number of hydrogen-bond donors (Lipinski definition) is 3. The molecule has 1 heterocycles. The number of aromatic amines is 1. The summed E-state index contributed by atoms with van der Waals surface area (Å²) >= 11 is 0.828. The monoisotopic (exact) mass is 295 g/mol. The van der Waals surface area contributed by atoms with E-state index in [9.17, 15) is 18.8 Å². The molecule has 0 fully saturated rings. The molecule has 0 aliphatic carbocycles. The number of thiazole rings is 1. The second-order valence-corrected chi connectivity index (χ2v) is 4.76. The van der Waals surface area contributed by atoms with Crippen LogP contribution in [0, 0.1) is 5.82 Å². The van der Waals surface area contributed by atoms with E-state index in [0.717, 1.165) is 23.5 Å². The van der Waals surface area contributed by atoms with Crippen molar-refractivity contribution >= 4 is 23.2 Å². The Labute approximate surface area is 116 Å². The normalized spacial score (nSPS) is 11.8. The molecule has 1 atom stereocenters. The van der Waals surface area contributed by atoms with Gasteiger partial charge >= 0.3 is 4.87 Å². The zero-order valence-corrected chi connectivity index (χ0v) is 10.9. The number of carbonyl (C=O) groups excluding carboxylic acids is 2. The summed E-state index contributed by atoms with van der Waals surface area (Å²) in [6, 6.07) is 3.91. The zero-order chi connectivity index (χ0) is 14.7. The van der Waals surface area contributed by atoms with Crippen molar-refractivity contribution in [3.8, 4) is 0 Å². The van der Waals surface area contributed by atoms with E-state index in [2.05, 4.69) is 10.3 Å². The van der Waals surface area contributed by atoms with Crippen LogP contribution in [-0.2, 0) is 4.79 Å². The molecular formula is C12H10FN3O3S. The molecular weight excluding hydrogens is 285 g/mol. The quantitative estimate of drug-likeness (QED) is 0.766. The lowest BCUT2D eigenvalue weighted by molar-refractivity contribution is -0.120. The van der Waals surface area contributed by atoms with Crippen LogP contribution in [0.15, 0.2) is 34.4 Å². The molecule has 2 amide bonds. The van der Waals surface area contributed by atoms with Gasteiger partial charge in [0.15, 0.2) is 0 Å². The highest BCUT2D eigenvalue weighted by Crippen LogP contribution is 2.14. The predicted molar refractivity (Wildman–Crippen MR) is 70.7 cm³/mol. The summed E-state index contributed by atoms with van der Waals surface area (Å²) in [5, 5.41) is 3.72. The maximum absolute atomic E-state index is 12.8. The van der Waals surface area contributed by atoms with E-state index in [1.165, 1.54) is 17.5 Å². The first kappa shape index (κ1) is 13.9. The van der Waals surface area contributed by atoms with Gasteiger partial charge in [-0.2, -0.15) is 0 Å². The molecule has 8 heteroatoms. The molecule has 0 aliphatic rings. The number of H-pyrrole nitrogens is 1. The Morgan fingerprint density at radius 3 is 2.45 bits per heavy atom. The van der Waals surface area contributed by atoms with Crippen molar-refractivity contribution in [3.05, 3.63) is 56.4 Å². The minimum Gasteiger partial charge on any atom is -0.368 e. The number of rotatable bonds is 4. The third-order valence-corrected chi connectivity index (χ3v) is 3.20. The van der Waals surface area contributed by atoms with Crippen molar-refractivity contribution < 1.29 is 14.0 Å². The SMILES string of the molecule is NC(=O)C(NC(=O)c1csc(=O)[nH]1)c1ccc(F)cc1. The number of halogens is 1. The molecule has 1 aromatic carbocycles. The Bertz CT molecular complexity index is 692. The fourth-order valence-corrected chi connectivity index (χ4v) is 2.13. The lowest BCUT2D eigenvalue weighted by atomic mass is 10.1. The summed E-state index contributed by atoms with van der Waals surface area (Å²) in [4.78, 5) is 36.2. The van der Waals surface area contributed by atoms with Crippen LogP contribution in [0.5, 0.6) is 0 Å². The van der Waals surface area contributed by atoms with E-state index in [4.69, 9.17) is 5.73 Å². The minimum atomic E-state index is -1.11. The molecule has 20 heavy (non-hydrogen) atoms. The van der Waals surface area contributed by atoms with Crippen LogP contribution in [0.2, 0.25) is 0 Å². The summed E-state index contributed by atoms with van der Waals surface area (Å²) in [6.45, 7) is 0. The molecule has 1 unspecified atom stereocenters. The number of nitrogens with two attached hydrogens (primary N) is 1. The first-order valence-corrected chi connectivity index (χ1v) is 6.39. The van der Waals surface area contributed by atoms with Gasteiger partial charge in [-0.25, -0.2) is 4.39 Å². The maximum atomic E-state index is 12.8. The smallest absolute Gasteiger partial charge is 0.305 e. The topological polar surface area (TPSA) is 105 Å². The van der Waals surface area contributed by atoms with Gasteiger partial charge in [-0.05, 0) is 17.7 Å². The molecule has 0 radical (unpaired) electrons. The van der Waals surface area contributed by atoms with Crippen molar-refractivity contribution in [1.82, 2.24) is 10.3 Å². The minimum absolute atomic E-state index is 0.0355. The van der Waals surface area contributed by atoms with E-state index in [-0.39, 0.29) is 10.6 Å². The Kier molecular flexibility index (Phi) is 3.94. The Balaban J connectivity index is 2.22.